The molecule has 0 saturated heterocycles. The van der Waals surface area contributed by atoms with Crippen molar-refractivity contribution in [3.8, 4) is 11.5 Å². The monoisotopic (exact) mass is 327 g/mol. The van der Waals surface area contributed by atoms with E-state index in [0.29, 0.717) is 29.2 Å². The van der Waals surface area contributed by atoms with Crippen molar-refractivity contribution in [2.75, 3.05) is 19.5 Å². The number of carbonyl (C=O) groups is 2. The maximum Gasteiger partial charge on any atom is 0.224 e. The zero-order valence-electron chi connectivity index (χ0n) is 14.1. The molecule has 5 nitrogen and oxygen atoms in total. The minimum atomic E-state index is -0.135. The van der Waals surface area contributed by atoms with Gasteiger partial charge in [-0.3, -0.25) is 9.59 Å². The van der Waals surface area contributed by atoms with Gasteiger partial charge in [-0.25, -0.2) is 0 Å². The summed E-state index contributed by atoms with van der Waals surface area (Å²) >= 11 is 0. The van der Waals surface area contributed by atoms with Crippen LogP contribution in [0.25, 0.3) is 0 Å². The third-order valence-corrected chi connectivity index (χ3v) is 3.68. The summed E-state index contributed by atoms with van der Waals surface area (Å²) in [5.41, 5.74) is 2.04. The predicted octanol–water partition coefficient (Wildman–Crippen LogP) is 3.48. The van der Waals surface area contributed by atoms with Crippen molar-refractivity contribution in [1.29, 1.82) is 0 Å². The Morgan fingerprint density at radius 3 is 2.21 bits per heavy atom. The fourth-order valence-electron chi connectivity index (χ4n) is 2.45. The Hall–Kier alpha value is -2.82. The molecule has 24 heavy (non-hydrogen) atoms. The number of anilines is 1. The molecule has 0 atom stereocenters. The van der Waals surface area contributed by atoms with Gasteiger partial charge in [0.25, 0.3) is 0 Å². The maximum absolute atomic E-state index is 12.2. The molecule has 0 fully saturated rings. The first kappa shape index (κ1) is 17.5. The van der Waals surface area contributed by atoms with Gasteiger partial charge in [-0.15, -0.1) is 0 Å². The third kappa shape index (κ3) is 4.35. The van der Waals surface area contributed by atoms with Crippen LogP contribution in [0.3, 0.4) is 0 Å². The Balaban J connectivity index is 2.04. The number of amides is 1. The number of benzene rings is 2. The molecule has 5 heteroatoms. The lowest BCUT2D eigenvalue weighted by molar-refractivity contribution is -0.116. The molecule has 2 aromatic rings. The fourth-order valence-corrected chi connectivity index (χ4v) is 2.45. The predicted molar refractivity (Wildman–Crippen MR) is 92.9 cm³/mol. The van der Waals surface area contributed by atoms with Gasteiger partial charge in [-0.1, -0.05) is 18.2 Å². The van der Waals surface area contributed by atoms with Gasteiger partial charge in [-0.05, 0) is 37.6 Å². The number of nitrogens with one attached hydrogen (secondary N) is 1. The van der Waals surface area contributed by atoms with Crippen molar-refractivity contribution in [3.05, 3.63) is 53.6 Å². The Kier molecular flexibility index (Phi) is 5.95. The van der Waals surface area contributed by atoms with E-state index in [4.69, 9.17) is 9.47 Å². The SMILES string of the molecule is COc1cccc(OC)c1CCC(=O)Nc1cccc(C(C)=O)c1. The number of Topliss-reactive ketones (excluding diaryl/α,β-unsaturated/α-hetero) is 1. The zero-order chi connectivity index (χ0) is 17.5. The first-order valence-electron chi connectivity index (χ1n) is 7.66. The normalized spacial score (nSPS) is 10.1. The molecular formula is C19H21NO4. The highest BCUT2D eigenvalue weighted by Crippen LogP contribution is 2.29. The van der Waals surface area contributed by atoms with E-state index >= 15 is 0 Å². The van der Waals surface area contributed by atoms with Crippen LogP contribution in [0.2, 0.25) is 0 Å². The number of ether oxygens (including phenoxy) is 2. The van der Waals surface area contributed by atoms with Gasteiger partial charge >= 0.3 is 0 Å². The van der Waals surface area contributed by atoms with Crippen LogP contribution in [-0.2, 0) is 11.2 Å². The molecule has 0 spiro atoms. The molecule has 0 radical (unpaired) electrons. The van der Waals surface area contributed by atoms with E-state index in [9.17, 15) is 9.59 Å². The maximum atomic E-state index is 12.2. The van der Waals surface area contributed by atoms with Gasteiger partial charge in [-0.2, -0.15) is 0 Å². The zero-order valence-corrected chi connectivity index (χ0v) is 14.1. The highest BCUT2D eigenvalue weighted by atomic mass is 16.5. The number of rotatable bonds is 7. The topological polar surface area (TPSA) is 64.6 Å². The molecule has 0 unspecified atom stereocenters. The van der Waals surface area contributed by atoms with E-state index in [1.807, 2.05) is 18.2 Å². The Morgan fingerprint density at radius 2 is 1.62 bits per heavy atom. The van der Waals surface area contributed by atoms with Crippen LogP contribution < -0.4 is 14.8 Å². The Morgan fingerprint density at radius 1 is 1.00 bits per heavy atom. The second-order valence-electron chi connectivity index (χ2n) is 5.33. The van der Waals surface area contributed by atoms with Gasteiger partial charge < -0.3 is 14.8 Å². The number of methoxy groups -OCH3 is 2. The lowest BCUT2D eigenvalue weighted by Gasteiger charge is -2.13. The van der Waals surface area contributed by atoms with Crippen molar-refractivity contribution in [2.24, 2.45) is 0 Å². The minimum absolute atomic E-state index is 0.0372. The smallest absolute Gasteiger partial charge is 0.224 e. The Bertz CT molecular complexity index is 718. The molecule has 0 aromatic heterocycles. The van der Waals surface area contributed by atoms with Gasteiger partial charge in [0.15, 0.2) is 5.78 Å². The quantitative estimate of drug-likeness (QED) is 0.791. The summed E-state index contributed by atoms with van der Waals surface area (Å²) < 4.78 is 10.7. The molecule has 0 saturated carbocycles. The second-order valence-corrected chi connectivity index (χ2v) is 5.33. The van der Waals surface area contributed by atoms with E-state index in [0.717, 1.165) is 5.56 Å². The van der Waals surface area contributed by atoms with E-state index in [1.165, 1.54) is 6.92 Å². The second kappa shape index (κ2) is 8.15. The number of hydrogen-bond donors (Lipinski definition) is 1. The summed E-state index contributed by atoms with van der Waals surface area (Å²) in [6.45, 7) is 1.49. The largest absolute Gasteiger partial charge is 0.496 e. The highest BCUT2D eigenvalue weighted by Gasteiger charge is 2.12. The van der Waals surface area contributed by atoms with Crippen LogP contribution >= 0.6 is 0 Å². The van der Waals surface area contributed by atoms with E-state index in [-0.39, 0.29) is 18.1 Å². The molecule has 0 aliphatic carbocycles. The van der Waals surface area contributed by atoms with E-state index < -0.39 is 0 Å². The van der Waals surface area contributed by atoms with Crippen LogP contribution in [0.1, 0.15) is 29.3 Å². The molecule has 2 aromatic carbocycles. The van der Waals surface area contributed by atoms with Crippen LogP contribution in [0.4, 0.5) is 5.69 Å². The van der Waals surface area contributed by atoms with Crippen molar-refractivity contribution in [3.63, 3.8) is 0 Å². The van der Waals surface area contributed by atoms with Gasteiger partial charge in [0, 0.05) is 23.2 Å². The summed E-state index contributed by atoms with van der Waals surface area (Å²) in [5, 5.41) is 2.81. The molecule has 1 N–H and O–H groups in total. The van der Waals surface area contributed by atoms with Gasteiger partial charge in [0.1, 0.15) is 11.5 Å². The summed E-state index contributed by atoms with van der Waals surface area (Å²) in [7, 11) is 3.18. The molecule has 1 amide bonds. The number of ketones is 1. The first-order chi connectivity index (χ1) is 11.5. The van der Waals surface area contributed by atoms with Crippen molar-refractivity contribution >= 4 is 17.4 Å². The van der Waals surface area contributed by atoms with Crippen LogP contribution in [0.15, 0.2) is 42.5 Å². The lowest BCUT2D eigenvalue weighted by Crippen LogP contribution is -2.13. The van der Waals surface area contributed by atoms with E-state index in [2.05, 4.69) is 5.32 Å². The van der Waals surface area contributed by atoms with E-state index in [1.54, 1.807) is 38.5 Å². The molecule has 0 bridgehead atoms. The Labute approximate surface area is 141 Å². The average molecular weight is 327 g/mol. The summed E-state index contributed by atoms with van der Waals surface area (Å²) in [6.07, 6.45) is 0.770. The molecule has 0 aliphatic rings. The standard InChI is InChI=1S/C19H21NO4/c1-13(21)14-6-4-7-15(12-14)20-19(22)11-10-16-17(23-2)8-5-9-18(16)24-3/h4-9,12H,10-11H2,1-3H3,(H,20,22). The molecule has 0 aliphatic heterocycles. The summed E-state index contributed by atoms with van der Waals surface area (Å²) in [4.78, 5) is 23.6. The van der Waals surface area contributed by atoms with Crippen molar-refractivity contribution in [1.82, 2.24) is 0 Å². The van der Waals surface area contributed by atoms with Crippen molar-refractivity contribution in [2.45, 2.75) is 19.8 Å². The molecule has 0 heterocycles. The lowest BCUT2D eigenvalue weighted by atomic mass is 10.1. The molecule has 2 rings (SSSR count). The summed E-state index contributed by atoms with van der Waals surface area (Å²) in [5.74, 6) is 1.22. The van der Waals surface area contributed by atoms with Crippen LogP contribution in [0.5, 0.6) is 11.5 Å². The molecule has 126 valence electrons. The number of carbonyl (C=O) groups excluding carboxylic acids is 2. The highest BCUT2D eigenvalue weighted by molar-refractivity contribution is 5.97. The van der Waals surface area contributed by atoms with Crippen molar-refractivity contribution < 1.29 is 19.1 Å². The van der Waals surface area contributed by atoms with Crippen LogP contribution in [0, 0.1) is 0 Å². The first-order valence-corrected chi connectivity index (χ1v) is 7.66. The fraction of sp³-hybridized carbons (Fsp3) is 0.263. The summed E-state index contributed by atoms with van der Waals surface area (Å²) in [6, 6.07) is 12.4. The van der Waals surface area contributed by atoms with Gasteiger partial charge in [0.2, 0.25) is 5.91 Å². The average Bonchev–Trinajstić information content (AvgIpc) is 2.59. The third-order valence-electron chi connectivity index (χ3n) is 3.68. The minimum Gasteiger partial charge on any atom is -0.496 e. The molecular weight excluding hydrogens is 306 g/mol. The van der Waals surface area contributed by atoms with Gasteiger partial charge in [0.05, 0.1) is 14.2 Å². The van der Waals surface area contributed by atoms with Crippen LogP contribution in [-0.4, -0.2) is 25.9 Å². The number of hydrogen-bond acceptors (Lipinski definition) is 4.